The minimum absolute atomic E-state index is 0.171. The van der Waals surface area contributed by atoms with E-state index in [9.17, 15) is 4.79 Å². The van der Waals surface area contributed by atoms with Gasteiger partial charge in [-0.3, -0.25) is 4.79 Å². The highest BCUT2D eigenvalue weighted by molar-refractivity contribution is 5.73. The van der Waals surface area contributed by atoms with Crippen molar-refractivity contribution in [2.75, 3.05) is 18.4 Å². The Balaban J connectivity index is 1.58. The second-order valence-electron chi connectivity index (χ2n) is 5.29. The number of likely N-dealkylation sites (tertiary alicyclic amines) is 1. The number of carbonyl (C=O) groups is 1. The topological polar surface area (TPSA) is 63.1 Å². The van der Waals surface area contributed by atoms with Crippen molar-refractivity contribution < 1.29 is 4.79 Å². The summed E-state index contributed by atoms with van der Waals surface area (Å²) >= 11 is 0. The van der Waals surface area contributed by atoms with Crippen LogP contribution in [0.3, 0.4) is 0 Å². The van der Waals surface area contributed by atoms with E-state index in [1.165, 1.54) is 0 Å². The van der Waals surface area contributed by atoms with Gasteiger partial charge in [0.15, 0.2) is 0 Å². The molecule has 0 unspecified atom stereocenters. The lowest BCUT2D eigenvalue weighted by Crippen LogP contribution is -2.41. The van der Waals surface area contributed by atoms with Crippen LogP contribution < -0.4 is 5.32 Å². The molecule has 1 N–H and O–H groups in total. The molecule has 6 nitrogen and oxygen atoms in total. The number of amides is 1. The predicted molar refractivity (Wildman–Crippen MR) is 80.3 cm³/mol. The summed E-state index contributed by atoms with van der Waals surface area (Å²) in [6, 6.07) is 8.49. The van der Waals surface area contributed by atoms with Crippen LogP contribution in [0.2, 0.25) is 0 Å². The molecule has 1 aliphatic rings. The molecule has 2 heterocycles. The summed E-state index contributed by atoms with van der Waals surface area (Å²) in [4.78, 5) is 14.8. The van der Waals surface area contributed by atoms with Gasteiger partial charge in [0.25, 0.3) is 0 Å². The maximum atomic E-state index is 11.3. The summed E-state index contributed by atoms with van der Waals surface area (Å²) < 4.78 is 0. The summed E-state index contributed by atoms with van der Waals surface area (Å²) in [7, 11) is 0. The zero-order valence-electron chi connectivity index (χ0n) is 12.1. The number of hydrogen-bond acceptors (Lipinski definition) is 4. The van der Waals surface area contributed by atoms with Gasteiger partial charge >= 0.3 is 0 Å². The Morgan fingerprint density at radius 3 is 2.33 bits per heavy atom. The van der Waals surface area contributed by atoms with Crippen LogP contribution >= 0.6 is 0 Å². The minimum atomic E-state index is 0.171. The number of nitrogens with zero attached hydrogens (tertiary/aromatic N) is 4. The van der Waals surface area contributed by atoms with Crippen molar-refractivity contribution >= 4 is 11.6 Å². The van der Waals surface area contributed by atoms with Crippen molar-refractivity contribution in [1.29, 1.82) is 0 Å². The first-order valence-electron chi connectivity index (χ1n) is 7.21. The molecule has 0 atom stereocenters. The maximum Gasteiger partial charge on any atom is 0.219 e. The molecule has 0 saturated carbocycles. The molecular weight excluding hydrogens is 266 g/mol. The Morgan fingerprint density at radius 2 is 1.76 bits per heavy atom. The normalized spacial score (nSPS) is 16.0. The van der Waals surface area contributed by atoms with E-state index in [2.05, 4.69) is 15.5 Å². The molecular formula is C15H19N5O. The van der Waals surface area contributed by atoms with Gasteiger partial charge in [-0.25, -0.2) is 0 Å². The van der Waals surface area contributed by atoms with Gasteiger partial charge in [0.1, 0.15) is 0 Å². The number of carbonyl (C=O) groups excluding carboxylic acids is 1. The van der Waals surface area contributed by atoms with E-state index in [1.807, 2.05) is 29.2 Å². The number of benzene rings is 1. The molecule has 1 amide bonds. The maximum absolute atomic E-state index is 11.3. The summed E-state index contributed by atoms with van der Waals surface area (Å²) in [5.41, 5.74) is 2.03. The number of rotatable bonds is 3. The van der Waals surface area contributed by atoms with Crippen LogP contribution in [0.1, 0.15) is 19.8 Å². The molecule has 1 saturated heterocycles. The Hall–Kier alpha value is -2.37. The van der Waals surface area contributed by atoms with Crippen LogP contribution in [0.4, 0.5) is 5.69 Å². The molecule has 0 aliphatic carbocycles. The lowest BCUT2D eigenvalue weighted by Gasteiger charge is -2.32. The Morgan fingerprint density at radius 1 is 1.14 bits per heavy atom. The van der Waals surface area contributed by atoms with Gasteiger partial charge in [0.2, 0.25) is 5.91 Å². The molecule has 1 fully saturated rings. The largest absolute Gasteiger partial charge is 0.382 e. The highest BCUT2D eigenvalue weighted by Gasteiger charge is 2.20. The number of nitrogens with one attached hydrogen (secondary N) is 1. The van der Waals surface area contributed by atoms with Crippen molar-refractivity contribution in [2.45, 2.75) is 25.8 Å². The van der Waals surface area contributed by atoms with Crippen LogP contribution in [0.5, 0.6) is 0 Å². The van der Waals surface area contributed by atoms with Crippen LogP contribution in [0.25, 0.3) is 5.69 Å². The molecule has 1 aromatic carbocycles. The average molecular weight is 285 g/mol. The van der Waals surface area contributed by atoms with E-state index in [4.69, 9.17) is 0 Å². The van der Waals surface area contributed by atoms with E-state index < -0.39 is 0 Å². The van der Waals surface area contributed by atoms with Crippen LogP contribution in [0.15, 0.2) is 36.7 Å². The molecule has 0 bridgehead atoms. The first kappa shape index (κ1) is 13.6. The van der Waals surface area contributed by atoms with Crippen LogP contribution in [-0.2, 0) is 4.79 Å². The summed E-state index contributed by atoms with van der Waals surface area (Å²) in [6.45, 7) is 3.31. The molecule has 0 radical (unpaired) electrons. The zero-order chi connectivity index (χ0) is 14.7. The molecule has 110 valence electrons. The summed E-state index contributed by atoms with van der Waals surface area (Å²) in [6.07, 6.45) is 5.30. The van der Waals surface area contributed by atoms with Crippen molar-refractivity contribution in [3.8, 4) is 5.69 Å². The van der Waals surface area contributed by atoms with Gasteiger partial charge in [0.05, 0.1) is 18.1 Å². The smallest absolute Gasteiger partial charge is 0.219 e. The SMILES string of the molecule is CC(=O)N1CCC(Nc2ccc(-n3nccn3)cc2)CC1. The molecule has 1 aromatic heterocycles. The van der Waals surface area contributed by atoms with Gasteiger partial charge < -0.3 is 10.2 Å². The third kappa shape index (κ3) is 3.21. The van der Waals surface area contributed by atoms with Crippen LogP contribution in [-0.4, -0.2) is 44.9 Å². The summed E-state index contributed by atoms with van der Waals surface area (Å²) in [5.74, 6) is 0.171. The zero-order valence-corrected chi connectivity index (χ0v) is 12.1. The number of aromatic nitrogens is 3. The molecule has 6 heteroatoms. The van der Waals surface area contributed by atoms with Crippen molar-refractivity contribution in [1.82, 2.24) is 19.9 Å². The third-order valence-electron chi connectivity index (χ3n) is 3.83. The fourth-order valence-electron chi connectivity index (χ4n) is 2.61. The van der Waals surface area contributed by atoms with Crippen LogP contribution in [0, 0.1) is 0 Å². The standard InChI is InChI=1S/C15H19N5O/c1-12(21)19-10-6-14(7-11-19)18-13-2-4-15(5-3-13)20-16-8-9-17-20/h2-5,8-9,14,18H,6-7,10-11H2,1H3. The lowest BCUT2D eigenvalue weighted by molar-refractivity contribution is -0.129. The van der Waals surface area contributed by atoms with E-state index >= 15 is 0 Å². The van der Waals surface area contributed by atoms with E-state index in [-0.39, 0.29) is 5.91 Å². The lowest BCUT2D eigenvalue weighted by atomic mass is 10.0. The van der Waals surface area contributed by atoms with Gasteiger partial charge in [-0.1, -0.05) is 0 Å². The third-order valence-corrected chi connectivity index (χ3v) is 3.83. The fraction of sp³-hybridized carbons (Fsp3) is 0.400. The summed E-state index contributed by atoms with van der Waals surface area (Å²) in [5, 5.41) is 11.7. The number of piperidine rings is 1. The molecule has 3 rings (SSSR count). The Bertz CT molecular complexity index is 585. The highest BCUT2D eigenvalue weighted by atomic mass is 16.2. The average Bonchev–Trinajstić information content (AvgIpc) is 3.03. The van der Waals surface area contributed by atoms with E-state index in [0.29, 0.717) is 6.04 Å². The number of hydrogen-bond donors (Lipinski definition) is 1. The minimum Gasteiger partial charge on any atom is -0.382 e. The second kappa shape index (κ2) is 5.95. The van der Waals surface area contributed by atoms with Gasteiger partial charge in [-0.2, -0.15) is 15.0 Å². The Kier molecular flexibility index (Phi) is 3.85. The first-order chi connectivity index (χ1) is 10.2. The monoisotopic (exact) mass is 285 g/mol. The first-order valence-corrected chi connectivity index (χ1v) is 7.21. The van der Waals surface area contributed by atoms with Gasteiger partial charge in [0, 0.05) is 31.7 Å². The quantitative estimate of drug-likeness (QED) is 0.932. The fourth-order valence-corrected chi connectivity index (χ4v) is 2.61. The molecule has 2 aromatic rings. The van der Waals surface area contributed by atoms with Gasteiger partial charge in [-0.05, 0) is 37.1 Å². The van der Waals surface area contributed by atoms with E-state index in [1.54, 1.807) is 24.1 Å². The van der Waals surface area contributed by atoms with Crippen molar-refractivity contribution in [3.05, 3.63) is 36.7 Å². The van der Waals surface area contributed by atoms with Gasteiger partial charge in [-0.15, -0.1) is 0 Å². The van der Waals surface area contributed by atoms with E-state index in [0.717, 1.165) is 37.3 Å². The van der Waals surface area contributed by atoms with Crippen molar-refractivity contribution in [2.24, 2.45) is 0 Å². The predicted octanol–water partition coefficient (Wildman–Crippen LogP) is 1.69. The molecule has 1 aliphatic heterocycles. The Labute approximate surface area is 123 Å². The molecule has 21 heavy (non-hydrogen) atoms. The molecule has 0 spiro atoms. The second-order valence-corrected chi connectivity index (χ2v) is 5.29. The van der Waals surface area contributed by atoms with Crippen molar-refractivity contribution in [3.63, 3.8) is 0 Å². The number of anilines is 1. The highest BCUT2D eigenvalue weighted by Crippen LogP contribution is 2.18.